The van der Waals surface area contributed by atoms with Gasteiger partial charge in [-0.05, 0) is 24.3 Å². The molecular weight excluding hydrogens is 216 g/mol. The van der Waals surface area contributed by atoms with Crippen molar-refractivity contribution in [1.29, 1.82) is 0 Å². The number of rotatable bonds is 4. The van der Waals surface area contributed by atoms with Gasteiger partial charge in [-0.1, -0.05) is 0 Å². The molecule has 17 heavy (non-hydrogen) atoms. The van der Waals surface area contributed by atoms with Crippen molar-refractivity contribution in [2.24, 2.45) is 0 Å². The van der Waals surface area contributed by atoms with E-state index >= 15 is 0 Å². The summed E-state index contributed by atoms with van der Waals surface area (Å²) in [5, 5.41) is 2.67. The van der Waals surface area contributed by atoms with Gasteiger partial charge in [0.05, 0.1) is 21.1 Å². The number of hydrogen-bond donors (Lipinski definition) is 1. The van der Waals surface area contributed by atoms with Gasteiger partial charge in [0.15, 0.2) is 0 Å². The first-order valence-corrected chi connectivity index (χ1v) is 5.49. The lowest BCUT2D eigenvalue weighted by Crippen LogP contribution is -2.39. The lowest BCUT2D eigenvalue weighted by Gasteiger charge is -2.22. The molecule has 0 spiro atoms. The number of anilines is 1. The van der Waals surface area contributed by atoms with E-state index in [1.54, 1.807) is 24.3 Å². The van der Waals surface area contributed by atoms with E-state index in [-0.39, 0.29) is 11.7 Å². The van der Waals surface area contributed by atoms with E-state index in [0.717, 1.165) is 0 Å². The summed E-state index contributed by atoms with van der Waals surface area (Å²) in [5.41, 5.74) is 1.38. The highest BCUT2D eigenvalue weighted by atomic mass is 16.1. The average Bonchev–Trinajstić information content (AvgIpc) is 2.15. The topological polar surface area (TPSA) is 46.2 Å². The smallest absolute Gasteiger partial charge is 0.221 e. The van der Waals surface area contributed by atoms with Crippen molar-refractivity contribution in [3.05, 3.63) is 29.8 Å². The third-order valence-electron chi connectivity index (χ3n) is 2.15. The third kappa shape index (κ3) is 4.78. The zero-order valence-electron chi connectivity index (χ0n) is 10.8. The molecule has 1 N–H and O–H groups in total. The second-order valence-electron chi connectivity index (χ2n) is 5.13. The number of amides is 1. The standard InChI is InChI=1S/C13H18N2O2/c1-10(16)14-12-7-5-11(6-8-12)13(17)9-15(2,3)4/h5-8H,9H2,1-4H3/p+1. The molecule has 0 aliphatic rings. The quantitative estimate of drug-likeness (QED) is 0.635. The second-order valence-corrected chi connectivity index (χ2v) is 5.13. The van der Waals surface area contributed by atoms with Crippen LogP contribution in [0.4, 0.5) is 5.69 Å². The van der Waals surface area contributed by atoms with Gasteiger partial charge in [0, 0.05) is 18.2 Å². The number of ketones is 1. The number of benzene rings is 1. The lowest BCUT2D eigenvalue weighted by atomic mass is 10.1. The van der Waals surface area contributed by atoms with Crippen LogP contribution < -0.4 is 5.32 Å². The minimum atomic E-state index is -0.115. The molecule has 4 nitrogen and oxygen atoms in total. The molecule has 4 heteroatoms. The van der Waals surface area contributed by atoms with Crippen LogP contribution in [0.1, 0.15) is 17.3 Å². The summed E-state index contributed by atoms with van der Waals surface area (Å²) in [6.45, 7) is 1.91. The molecule has 0 saturated carbocycles. The summed E-state index contributed by atoms with van der Waals surface area (Å²) in [7, 11) is 5.93. The zero-order valence-corrected chi connectivity index (χ0v) is 10.8. The first-order chi connectivity index (χ1) is 7.78. The molecule has 0 fully saturated rings. The zero-order chi connectivity index (χ0) is 13.1. The van der Waals surface area contributed by atoms with Crippen LogP contribution in [0, 0.1) is 0 Å². The molecule has 92 valence electrons. The minimum Gasteiger partial charge on any atom is -0.326 e. The molecule has 0 atom stereocenters. The molecule has 0 saturated heterocycles. The molecule has 0 aliphatic heterocycles. The van der Waals surface area contributed by atoms with Crippen molar-refractivity contribution < 1.29 is 14.1 Å². The number of nitrogens with one attached hydrogen (secondary N) is 1. The minimum absolute atomic E-state index is 0.104. The van der Waals surface area contributed by atoms with Crippen molar-refractivity contribution >= 4 is 17.4 Å². The maximum atomic E-state index is 11.9. The molecule has 0 aliphatic carbocycles. The first kappa shape index (κ1) is 13.4. The van der Waals surface area contributed by atoms with E-state index in [1.807, 2.05) is 21.1 Å². The van der Waals surface area contributed by atoms with E-state index < -0.39 is 0 Å². The van der Waals surface area contributed by atoms with Crippen molar-refractivity contribution in [1.82, 2.24) is 0 Å². The average molecular weight is 235 g/mol. The molecule has 0 unspecified atom stereocenters. The monoisotopic (exact) mass is 235 g/mol. The Labute approximate surface area is 102 Å². The Balaban J connectivity index is 2.74. The Bertz CT molecular complexity index is 416. The lowest BCUT2D eigenvalue weighted by molar-refractivity contribution is -0.861. The van der Waals surface area contributed by atoms with Crippen LogP contribution in [-0.2, 0) is 4.79 Å². The molecule has 1 aromatic carbocycles. The maximum Gasteiger partial charge on any atom is 0.221 e. The largest absolute Gasteiger partial charge is 0.326 e. The van der Waals surface area contributed by atoms with Gasteiger partial charge in [-0.2, -0.15) is 0 Å². The number of hydrogen-bond acceptors (Lipinski definition) is 2. The fraction of sp³-hybridized carbons (Fsp3) is 0.385. The normalized spacial score (nSPS) is 11.1. The molecule has 0 radical (unpaired) electrons. The van der Waals surface area contributed by atoms with Gasteiger partial charge in [0.2, 0.25) is 11.7 Å². The van der Waals surface area contributed by atoms with Gasteiger partial charge in [0.1, 0.15) is 6.54 Å². The third-order valence-corrected chi connectivity index (χ3v) is 2.15. The number of carbonyl (C=O) groups excluding carboxylic acids is 2. The van der Waals surface area contributed by atoms with Crippen LogP contribution in [0.5, 0.6) is 0 Å². The van der Waals surface area contributed by atoms with Crippen LogP contribution in [0.25, 0.3) is 0 Å². The molecule has 1 aromatic rings. The number of quaternary nitrogens is 1. The van der Waals surface area contributed by atoms with E-state index in [2.05, 4.69) is 5.32 Å². The number of nitrogens with zero attached hydrogens (tertiary/aromatic N) is 1. The summed E-state index contributed by atoms with van der Waals surface area (Å²) in [4.78, 5) is 22.7. The van der Waals surface area contributed by atoms with E-state index in [0.29, 0.717) is 22.3 Å². The van der Waals surface area contributed by atoms with E-state index in [1.165, 1.54) is 6.92 Å². The molecule has 1 rings (SSSR count). The first-order valence-electron chi connectivity index (χ1n) is 5.49. The predicted octanol–water partition coefficient (Wildman–Crippen LogP) is 1.53. The Morgan fingerprint density at radius 2 is 1.65 bits per heavy atom. The summed E-state index contributed by atoms with van der Waals surface area (Å²) >= 11 is 0. The Morgan fingerprint density at radius 1 is 1.12 bits per heavy atom. The van der Waals surface area contributed by atoms with Crippen molar-refractivity contribution in [3.63, 3.8) is 0 Å². The van der Waals surface area contributed by atoms with Crippen LogP contribution in [-0.4, -0.2) is 43.9 Å². The molecule has 0 heterocycles. The van der Waals surface area contributed by atoms with Gasteiger partial charge in [-0.25, -0.2) is 0 Å². The molecule has 0 bridgehead atoms. The number of likely N-dealkylation sites (N-methyl/N-ethyl adjacent to an activating group) is 1. The van der Waals surface area contributed by atoms with Crippen LogP contribution in [0.2, 0.25) is 0 Å². The Morgan fingerprint density at radius 3 is 2.06 bits per heavy atom. The highest BCUT2D eigenvalue weighted by Crippen LogP contribution is 2.11. The van der Waals surface area contributed by atoms with Gasteiger partial charge < -0.3 is 9.80 Å². The highest BCUT2D eigenvalue weighted by Gasteiger charge is 2.15. The second kappa shape index (κ2) is 5.10. The molecular formula is C13H19N2O2+. The maximum absolute atomic E-state index is 11.9. The van der Waals surface area contributed by atoms with Gasteiger partial charge >= 0.3 is 0 Å². The van der Waals surface area contributed by atoms with Gasteiger partial charge in [-0.15, -0.1) is 0 Å². The van der Waals surface area contributed by atoms with Crippen molar-refractivity contribution in [2.75, 3.05) is 33.0 Å². The van der Waals surface area contributed by atoms with Gasteiger partial charge in [0.25, 0.3) is 0 Å². The fourth-order valence-electron chi connectivity index (χ4n) is 1.46. The summed E-state index contributed by atoms with van der Waals surface area (Å²) in [6, 6.07) is 6.96. The van der Waals surface area contributed by atoms with Crippen LogP contribution in [0.3, 0.4) is 0 Å². The van der Waals surface area contributed by atoms with Crippen molar-refractivity contribution in [3.8, 4) is 0 Å². The molecule has 1 amide bonds. The Kier molecular flexibility index (Phi) is 4.02. The summed E-state index contributed by atoms with van der Waals surface area (Å²) in [5.74, 6) is -0.0118. The van der Waals surface area contributed by atoms with Crippen LogP contribution in [0.15, 0.2) is 24.3 Å². The van der Waals surface area contributed by atoms with Crippen molar-refractivity contribution in [2.45, 2.75) is 6.92 Å². The predicted molar refractivity (Wildman–Crippen MR) is 68.0 cm³/mol. The molecule has 0 aromatic heterocycles. The summed E-state index contributed by atoms with van der Waals surface area (Å²) < 4.78 is 0.603. The fourth-order valence-corrected chi connectivity index (χ4v) is 1.46. The van der Waals surface area contributed by atoms with Gasteiger partial charge in [-0.3, -0.25) is 9.59 Å². The summed E-state index contributed by atoms with van der Waals surface area (Å²) in [6.07, 6.45) is 0. The highest BCUT2D eigenvalue weighted by molar-refractivity contribution is 5.97. The number of carbonyl (C=O) groups is 2. The van der Waals surface area contributed by atoms with E-state index in [9.17, 15) is 9.59 Å². The SMILES string of the molecule is CC(=O)Nc1ccc(C(=O)C[N+](C)(C)C)cc1. The van der Waals surface area contributed by atoms with Crippen LogP contribution >= 0.6 is 0 Å². The number of Topliss-reactive ketones (excluding diaryl/α,β-unsaturated/α-hetero) is 1. The van der Waals surface area contributed by atoms with E-state index in [4.69, 9.17) is 0 Å². The Hall–Kier alpha value is -1.68.